The first kappa shape index (κ1) is 20.7. The number of nitrogens with one attached hydrogen (secondary N) is 1. The summed E-state index contributed by atoms with van der Waals surface area (Å²) in [6.45, 7) is 12.7. The van der Waals surface area contributed by atoms with Crippen LogP contribution in [0.15, 0.2) is 18.5 Å². The molecule has 1 aromatic heterocycles. The van der Waals surface area contributed by atoms with Crippen molar-refractivity contribution < 1.29 is 19.1 Å². The van der Waals surface area contributed by atoms with Crippen LogP contribution < -0.4 is 11.1 Å². The third-order valence-corrected chi connectivity index (χ3v) is 9.96. The monoisotopic (exact) mass is 381 g/mol. The highest BCUT2D eigenvalue weighted by atomic mass is 28.4. The van der Waals surface area contributed by atoms with Crippen LogP contribution in [0.25, 0.3) is 0 Å². The first-order chi connectivity index (χ1) is 11.9. The van der Waals surface area contributed by atoms with Crippen LogP contribution in [0, 0.1) is 0 Å². The number of amides is 1. The van der Waals surface area contributed by atoms with E-state index >= 15 is 0 Å². The number of pyridine rings is 1. The van der Waals surface area contributed by atoms with Crippen molar-refractivity contribution in [3.05, 3.63) is 24.0 Å². The third-order valence-electron chi connectivity index (χ3n) is 5.49. The lowest BCUT2D eigenvalue weighted by Gasteiger charge is -2.46. The molecule has 0 spiro atoms. The standard InChI is InChI=1S/C18H31N3O4Si/c1-11-16(25-26(5,6)18(2,3)4)14(21-17(22)23)9-15(24-11)12-7-8-20-10-13(12)19/h7-8,10-11,14-16,21H,9,19H2,1-6H3,(H,22,23)/t11?,14-,15-,16-/m0/s1. The molecule has 4 N–H and O–H groups in total. The maximum atomic E-state index is 11.4. The van der Waals surface area contributed by atoms with Gasteiger partial charge in [-0.25, -0.2) is 4.79 Å². The number of anilines is 1. The van der Waals surface area contributed by atoms with E-state index in [9.17, 15) is 9.90 Å². The van der Waals surface area contributed by atoms with E-state index in [4.69, 9.17) is 14.9 Å². The van der Waals surface area contributed by atoms with E-state index in [0.717, 1.165) is 5.56 Å². The van der Waals surface area contributed by atoms with Gasteiger partial charge in [-0.05, 0) is 31.1 Å². The number of rotatable bonds is 4. The second-order valence-corrected chi connectivity index (χ2v) is 13.2. The van der Waals surface area contributed by atoms with Crippen molar-refractivity contribution in [2.75, 3.05) is 5.73 Å². The van der Waals surface area contributed by atoms with E-state index in [-0.39, 0.29) is 29.4 Å². The van der Waals surface area contributed by atoms with Gasteiger partial charge in [0.05, 0.1) is 36.2 Å². The Bertz CT molecular complexity index is 648. The minimum absolute atomic E-state index is 0.0207. The Balaban J connectivity index is 2.27. The summed E-state index contributed by atoms with van der Waals surface area (Å²) in [5, 5.41) is 12.0. The van der Waals surface area contributed by atoms with Crippen molar-refractivity contribution in [1.82, 2.24) is 10.3 Å². The van der Waals surface area contributed by atoms with Crippen LogP contribution in [0.4, 0.5) is 10.5 Å². The fraction of sp³-hybridized carbons (Fsp3) is 0.667. The van der Waals surface area contributed by atoms with Gasteiger partial charge in [-0.3, -0.25) is 4.98 Å². The fourth-order valence-corrected chi connectivity index (χ4v) is 4.38. The van der Waals surface area contributed by atoms with Gasteiger partial charge in [-0.2, -0.15) is 0 Å². The number of nitrogens with zero attached hydrogens (tertiary/aromatic N) is 1. The first-order valence-electron chi connectivity index (χ1n) is 8.94. The molecule has 4 atom stereocenters. The Morgan fingerprint density at radius 2 is 2.12 bits per heavy atom. The highest BCUT2D eigenvalue weighted by molar-refractivity contribution is 6.74. The summed E-state index contributed by atoms with van der Waals surface area (Å²) in [6, 6.07) is 1.45. The molecular formula is C18H31N3O4Si. The smallest absolute Gasteiger partial charge is 0.404 e. The average Bonchev–Trinajstić information content (AvgIpc) is 2.49. The average molecular weight is 382 g/mol. The van der Waals surface area contributed by atoms with Gasteiger partial charge in [-0.1, -0.05) is 20.8 Å². The maximum absolute atomic E-state index is 11.4. The van der Waals surface area contributed by atoms with E-state index < -0.39 is 14.4 Å². The minimum atomic E-state index is -2.09. The topological polar surface area (TPSA) is 107 Å². The second-order valence-electron chi connectivity index (χ2n) is 8.47. The van der Waals surface area contributed by atoms with Crippen LogP contribution in [0.1, 0.15) is 45.8 Å². The van der Waals surface area contributed by atoms with Gasteiger partial charge in [0.2, 0.25) is 0 Å². The van der Waals surface area contributed by atoms with Crippen molar-refractivity contribution in [3.8, 4) is 0 Å². The lowest BCUT2D eigenvalue weighted by atomic mass is 9.92. The first-order valence-corrected chi connectivity index (χ1v) is 11.9. The van der Waals surface area contributed by atoms with E-state index in [2.05, 4.69) is 44.2 Å². The number of hydrogen-bond acceptors (Lipinski definition) is 5. The molecule has 1 fully saturated rings. The summed E-state index contributed by atoms with van der Waals surface area (Å²) in [6.07, 6.45) is 1.74. The van der Waals surface area contributed by atoms with E-state index in [0.29, 0.717) is 12.1 Å². The van der Waals surface area contributed by atoms with Crippen molar-refractivity contribution >= 4 is 20.1 Å². The molecule has 1 aromatic rings. The molecule has 2 rings (SSSR count). The Kier molecular flexibility index (Phi) is 5.99. The molecule has 0 bridgehead atoms. The van der Waals surface area contributed by atoms with Crippen molar-refractivity contribution in [3.63, 3.8) is 0 Å². The highest BCUT2D eigenvalue weighted by Gasteiger charge is 2.46. The number of carboxylic acid groups (broad SMARTS) is 1. The summed E-state index contributed by atoms with van der Waals surface area (Å²) in [7, 11) is -2.09. The van der Waals surface area contributed by atoms with E-state index in [1.54, 1.807) is 12.4 Å². The van der Waals surface area contributed by atoms with Crippen LogP contribution in [-0.2, 0) is 9.16 Å². The Labute approximate surface area is 156 Å². The molecular weight excluding hydrogens is 350 g/mol. The van der Waals surface area contributed by atoms with Gasteiger partial charge >= 0.3 is 6.09 Å². The Morgan fingerprint density at radius 1 is 1.46 bits per heavy atom. The van der Waals surface area contributed by atoms with Gasteiger partial charge in [0.15, 0.2) is 8.32 Å². The zero-order valence-corrected chi connectivity index (χ0v) is 17.4. The lowest BCUT2D eigenvalue weighted by molar-refractivity contribution is -0.118. The van der Waals surface area contributed by atoms with E-state index in [1.165, 1.54) is 0 Å². The molecule has 0 radical (unpaired) electrons. The Morgan fingerprint density at radius 3 is 2.65 bits per heavy atom. The number of aromatic nitrogens is 1. The van der Waals surface area contributed by atoms with Crippen molar-refractivity contribution in [2.45, 2.75) is 76.6 Å². The number of ether oxygens (including phenoxy) is 1. The normalized spacial score (nSPS) is 27.2. The summed E-state index contributed by atoms with van der Waals surface area (Å²) in [4.78, 5) is 15.4. The molecule has 146 valence electrons. The highest BCUT2D eigenvalue weighted by Crippen LogP contribution is 2.41. The summed E-state index contributed by atoms with van der Waals surface area (Å²) < 4.78 is 12.7. The van der Waals surface area contributed by atoms with Crippen LogP contribution in [0.2, 0.25) is 18.1 Å². The van der Waals surface area contributed by atoms with Crippen LogP contribution in [0.3, 0.4) is 0 Å². The Hall–Kier alpha value is -1.64. The predicted octanol–water partition coefficient (Wildman–Crippen LogP) is 3.54. The summed E-state index contributed by atoms with van der Waals surface area (Å²) in [5.41, 5.74) is 7.41. The summed E-state index contributed by atoms with van der Waals surface area (Å²) >= 11 is 0. The number of carbonyl (C=O) groups is 1. The molecule has 1 amide bonds. The van der Waals surface area contributed by atoms with Gasteiger partial charge < -0.3 is 25.3 Å². The van der Waals surface area contributed by atoms with Gasteiger partial charge in [-0.15, -0.1) is 0 Å². The molecule has 1 saturated heterocycles. The van der Waals surface area contributed by atoms with Gasteiger partial charge in [0, 0.05) is 18.2 Å². The predicted molar refractivity (Wildman–Crippen MR) is 104 cm³/mol. The molecule has 1 aliphatic rings. The minimum Gasteiger partial charge on any atom is -0.465 e. The lowest BCUT2D eigenvalue weighted by Crippen LogP contribution is -2.58. The molecule has 1 unspecified atom stereocenters. The number of nitrogen functional groups attached to an aromatic ring is 1. The largest absolute Gasteiger partial charge is 0.465 e. The molecule has 1 aliphatic heterocycles. The zero-order valence-electron chi connectivity index (χ0n) is 16.4. The number of nitrogens with two attached hydrogens (primary N) is 1. The van der Waals surface area contributed by atoms with Gasteiger partial charge in [0.25, 0.3) is 0 Å². The molecule has 0 saturated carbocycles. The van der Waals surface area contributed by atoms with Crippen LogP contribution >= 0.6 is 0 Å². The molecule has 8 heteroatoms. The van der Waals surface area contributed by atoms with Gasteiger partial charge in [0.1, 0.15) is 0 Å². The fourth-order valence-electron chi connectivity index (χ4n) is 2.99. The molecule has 7 nitrogen and oxygen atoms in total. The zero-order chi connectivity index (χ0) is 19.7. The molecule has 26 heavy (non-hydrogen) atoms. The molecule has 0 aromatic carbocycles. The molecule has 0 aliphatic carbocycles. The third kappa shape index (κ3) is 4.55. The van der Waals surface area contributed by atoms with Crippen molar-refractivity contribution in [1.29, 1.82) is 0 Å². The van der Waals surface area contributed by atoms with E-state index in [1.807, 2.05) is 13.0 Å². The summed E-state index contributed by atoms with van der Waals surface area (Å²) in [5.74, 6) is 0. The number of hydrogen-bond donors (Lipinski definition) is 3. The van der Waals surface area contributed by atoms with Crippen molar-refractivity contribution in [2.24, 2.45) is 0 Å². The van der Waals surface area contributed by atoms with Crippen LogP contribution in [0.5, 0.6) is 0 Å². The second kappa shape index (κ2) is 7.54. The SMILES string of the molecule is CC1O[C@H](c2ccncc2N)C[C@H](NC(=O)O)[C@H]1O[Si](C)(C)C(C)(C)C. The molecule has 2 heterocycles. The van der Waals surface area contributed by atoms with Crippen LogP contribution in [-0.4, -0.2) is 42.8 Å². The maximum Gasteiger partial charge on any atom is 0.404 e. The quantitative estimate of drug-likeness (QED) is 0.689.